The molecule has 1 fully saturated rings. The van der Waals surface area contributed by atoms with Crippen LogP contribution in [0.5, 0.6) is 0 Å². The van der Waals surface area contributed by atoms with Crippen molar-refractivity contribution in [2.24, 2.45) is 0 Å². The Hall–Kier alpha value is -2.21. The summed E-state index contributed by atoms with van der Waals surface area (Å²) in [6, 6.07) is 14.9. The van der Waals surface area contributed by atoms with Crippen LogP contribution in [0.3, 0.4) is 0 Å². The zero-order chi connectivity index (χ0) is 18.8. The van der Waals surface area contributed by atoms with Gasteiger partial charge in [-0.25, -0.2) is 9.37 Å². The Labute approximate surface area is 163 Å². The zero-order valence-electron chi connectivity index (χ0n) is 15.0. The van der Waals surface area contributed by atoms with E-state index in [4.69, 9.17) is 16.3 Å². The average molecular weight is 386 g/mol. The minimum atomic E-state index is -0.424. The van der Waals surface area contributed by atoms with Gasteiger partial charge in [-0.2, -0.15) is 0 Å². The van der Waals surface area contributed by atoms with Crippen molar-refractivity contribution in [1.29, 1.82) is 0 Å². The molecule has 1 aromatic heterocycles. The first-order valence-electron chi connectivity index (χ1n) is 9.00. The van der Waals surface area contributed by atoms with E-state index in [9.17, 15) is 4.39 Å². The van der Waals surface area contributed by atoms with Crippen LogP contribution in [0.4, 0.5) is 4.39 Å². The molecule has 6 heteroatoms. The summed E-state index contributed by atoms with van der Waals surface area (Å²) in [5.74, 6) is 0.466. The lowest BCUT2D eigenvalue weighted by atomic mass is 10.2. The number of benzene rings is 2. The normalized spacial score (nSPS) is 19.5. The first kappa shape index (κ1) is 18.2. The third-order valence-electron chi connectivity index (χ3n) is 4.77. The standard InChI is InChI=1S/C21H21ClFN3O/c1-14-12-26(16-7-8-19(23)18(22)9-16)21(25-14)20-10-17(11-24-20)27-13-15-5-3-2-4-6-15/h2-9,12,17,20,24H,10-11,13H2,1H3/t17-,20-/m0/s1. The fraction of sp³-hybridized carbons (Fsp3) is 0.286. The van der Waals surface area contributed by atoms with Crippen molar-refractivity contribution >= 4 is 11.6 Å². The Bertz CT molecular complexity index is 928. The highest BCUT2D eigenvalue weighted by Gasteiger charge is 2.29. The van der Waals surface area contributed by atoms with E-state index < -0.39 is 5.82 Å². The van der Waals surface area contributed by atoms with Crippen LogP contribution in [0.25, 0.3) is 5.69 Å². The molecule has 27 heavy (non-hydrogen) atoms. The predicted molar refractivity (Wildman–Crippen MR) is 104 cm³/mol. The zero-order valence-corrected chi connectivity index (χ0v) is 15.8. The van der Waals surface area contributed by atoms with Gasteiger partial charge in [0.05, 0.1) is 29.5 Å². The second-order valence-corrected chi connectivity index (χ2v) is 7.23. The fourth-order valence-corrected chi connectivity index (χ4v) is 3.59. The van der Waals surface area contributed by atoms with E-state index in [1.54, 1.807) is 12.1 Å². The molecular formula is C21H21ClFN3O. The van der Waals surface area contributed by atoms with Crippen LogP contribution in [0, 0.1) is 12.7 Å². The van der Waals surface area contributed by atoms with E-state index in [1.165, 1.54) is 11.6 Å². The summed E-state index contributed by atoms with van der Waals surface area (Å²) in [7, 11) is 0. The monoisotopic (exact) mass is 385 g/mol. The molecule has 0 aliphatic carbocycles. The molecule has 140 valence electrons. The molecule has 0 spiro atoms. The van der Waals surface area contributed by atoms with Crippen LogP contribution in [-0.4, -0.2) is 22.2 Å². The van der Waals surface area contributed by atoms with Gasteiger partial charge in [0.15, 0.2) is 0 Å². The molecule has 1 saturated heterocycles. The van der Waals surface area contributed by atoms with Crippen molar-refractivity contribution < 1.29 is 9.13 Å². The van der Waals surface area contributed by atoms with Crippen molar-refractivity contribution in [1.82, 2.24) is 14.9 Å². The van der Waals surface area contributed by atoms with E-state index >= 15 is 0 Å². The minimum absolute atomic E-state index is 0.0725. The van der Waals surface area contributed by atoms with Gasteiger partial charge in [0, 0.05) is 18.4 Å². The highest BCUT2D eigenvalue weighted by Crippen LogP contribution is 2.28. The van der Waals surface area contributed by atoms with Gasteiger partial charge < -0.3 is 14.6 Å². The number of nitrogens with one attached hydrogen (secondary N) is 1. The van der Waals surface area contributed by atoms with Gasteiger partial charge in [-0.3, -0.25) is 0 Å². The van der Waals surface area contributed by atoms with Gasteiger partial charge in [-0.15, -0.1) is 0 Å². The molecule has 1 N–H and O–H groups in total. The van der Waals surface area contributed by atoms with Crippen molar-refractivity contribution in [3.8, 4) is 5.69 Å². The largest absolute Gasteiger partial charge is 0.372 e. The number of ether oxygens (including phenoxy) is 1. The number of hydrogen-bond acceptors (Lipinski definition) is 3. The number of imidazole rings is 1. The van der Waals surface area contributed by atoms with Gasteiger partial charge in [0.2, 0.25) is 0 Å². The molecule has 3 aromatic rings. The Morgan fingerprint density at radius 3 is 2.85 bits per heavy atom. The summed E-state index contributed by atoms with van der Waals surface area (Å²) in [6.07, 6.45) is 2.90. The van der Waals surface area contributed by atoms with E-state index in [0.29, 0.717) is 6.61 Å². The molecule has 0 bridgehead atoms. The summed E-state index contributed by atoms with van der Waals surface area (Å²) >= 11 is 5.96. The molecule has 0 radical (unpaired) electrons. The van der Waals surface area contributed by atoms with Crippen LogP contribution in [0.2, 0.25) is 5.02 Å². The van der Waals surface area contributed by atoms with Crippen molar-refractivity contribution in [2.75, 3.05) is 6.54 Å². The topological polar surface area (TPSA) is 39.1 Å². The third kappa shape index (κ3) is 4.05. The van der Waals surface area contributed by atoms with Gasteiger partial charge in [-0.1, -0.05) is 41.9 Å². The molecule has 4 rings (SSSR count). The van der Waals surface area contributed by atoms with Gasteiger partial charge >= 0.3 is 0 Å². The maximum absolute atomic E-state index is 13.5. The summed E-state index contributed by atoms with van der Waals surface area (Å²) in [5.41, 5.74) is 2.87. The van der Waals surface area contributed by atoms with Crippen LogP contribution in [0.1, 0.15) is 29.5 Å². The second kappa shape index (κ2) is 7.80. The highest BCUT2D eigenvalue weighted by atomic mass is 35.5. The Morgan fingerprint density at radius 2 is 2.07 bits per heavy atom. The van der Waals surface area contributed by atoms with Crippen molar-refractivity contribution in [3.05, 3.63) is 82.6 Å². The lowest BCUT2D eigenvalue weighted by molar-refractivity contribution is 0.0524. The van der Waals surface area contributed by atoms with Crippen molar-refractivity contribution in [2.45, 2.75) is 32.1 Å². The molecule has 4 nitrogen and oxygen atoms in total. The average Bonchev–Trinajstić information content (AvgIpc) is 3.29. The van der Waals surface area contributed by atoms with Crippen LogP contribution >= 0.6 is 11.6 Å². The molecule has 2 heterocycles. The highest BCUT2D eigenvalue weighted by molar-refractivity contribution is 6.30. The number of hydrogen-bond donors (Lipinski definition) is 1. The van der Waals surface area contributed by atoms with E-state index in [2.05, 4.69) is 22.4 Å². The summed E-state index contributed by atoms with van der Waals surface area (Å²) in [6.45, 7) is 3.32. The number of nitrogens with zero attached hydrogens (tertiary/aromatic N) is 2. The SMILES string of the molecule is Cc1cn(-c2ccc(F)c(Cl)c2)c([C@@H]2C[C@H](OCc3ccccc3)CN2)n1. The van der Waals surface area contributed by atoms with E-state index in [-0.39, 0.29) is 17.2 Å². The van der Waals surface area contributed by atoms with Gasteiger partial charge in [-0.05, 0) is 37.1 Å². The maximum Gasteiger partial charge on any atom is 0.141 e. The number of rotatable bonds is 5. The summed E-state index contributed by atoms with van der Waals surface area (Å²) < 4.78 is 21.5. The minimum Gasteiger partial charge on any atom is -0.372 e. The maximum atomic E-state index is 13.5. The molecule has 1 aliphatic heterocycles. The Morgan fingerprint density at radius 1 is 1.26 bits per heavy atom. The molecule has 1 aliphatic rings. The molecule has 0 amide bonds. The van der Waals surface area contributed by atoms with Gasteiger partial charge in [0.25, 0.3) is 0 Å². The Balaban J connectivity index is 1.48. The van der Waals surface area contributed by atoms with Crippen LogP contribution in [-0.2, 0) is 11.3 Å². The molecular weight excluding hydrogens is 365 g/mol. The van der Waals surface area contributed by atoms with Gasteiger partial charge in [0.1, 0.15) is 11.6 Å². The second-order valence-electron chi connectivity index (χ2n) is 6.82. The van der Waals surface area contributed by atoms with Crippen LogP contribution in [0.15, 0.2) is 54.7 Å². The molecule has 2 atom stereocenters. The first-order chi connectivity index (χ1) is 13.1. The number of aromatic nitrogens is 2. The number of aryl methyl sites for hydroxylation is 1. The first-order valence-corrected chi connectivity index (χ1v) is 9.38. The predicted octanol–water partition coefficient (Wildman–Crippen LogP) is 4.59. The van der Waals surface area contributed by atoms with E-state index in [1.807, 2.05) is 35.9 Å². The van der Waals surface area contributed by atoms with E-state index in [0.717, 1.165) is 30.2 Å². The van der Waals surface area contributed by atoms with Crippen molar-refractivity contribution in [3.63, 3.8) is 0 Å². The smallest absolute Gasteiger partial charge is 0.141 e. The number of halogens is 2. The molecule has 0 saturated carbocycles. The Kier molecular flexibility index (Phi) is 5.25. The molecule has 0 unspecified atom stereocenters. The van der Waals surface area contributed by atoms with Crippen LogP contribution < -0.4 is 5.32 Å². The quantitative estimate of drug-likeness (QED) is 0.698. The molecule has 2 aromatic carbocycles. The summed E-state index contributed by atoms with van der Waals surface area (Å²) in [4.78, 5) is 4.68. The lowest BCUT2D eigenvalue weighted by Gasteiger charge is -2.14. The third-order valence-corrected chi connectivity index (χ3v) is 5.06. The lowest BCUT2D eigenvalue weighted by Crippen LogP contribution is -2.19. The fourth-order valence-electron chi connectivity index (χ4n) is 3.42. The summed E-state index contributed by atoms with van der Waals surface area (Å²) in [5, 5.41) is 3.60.